The van der Waals surface area contributed by atoms with Crippen molar-refractivity contribution >= 4 is 5.91 Å². The second kappa shape index (κ2) is 4.09. The Morgan fingerprint density at radius 2 is 2.00 bits per heavy atom. The van der Waals surface area contributed by atoms with E-state index in [2.05, 4.69) is 10.6 Å². The van der Waals surface area contributed by atoms with Crippen LogP contribution in [0.2, 0.25) is 0 Å². The Morgan fingerprint density at radius 1 is 1.38 bits per heavy atom. The lowest BCUT2D eigenvalue weighted by Crippen LogP contribution is -2.41. The second-order valence-electron chi connectivity index (χ2n) is 4.78. The second-order valence-corrected chi connectivity index (χ2v) is 4.78. The van der Waals surface area contributed by atoms with Gasteiger partial charge in [-0.25, -0.2) is 0 Å². The van der Waals surface area contributed by atoms with Crippen molar-refractivity contribution in [3.8, 4) is 0 Å². The smallest absolute Gasteiger partial charge is 0.221 e. The molecule has 2 N–H and O–H groups in total. The number of amides is 1. The van der Waals surface area contributed by atoms with Crippen molar-refractivity contribution in [1.29, 1.82) is 0 Å². The molecular weight excluding hydrogens is 164 g/mol. The maximum absolute atomic E-state index is 11.3. The zero-order chi connectivity index (χ0) is 9.90. The highest BCUT2D eigenvalue weighted by Crippen LogP contribution is 2.18. The van der Waals surface area contributed by atoms with Gasteiger partial charge < -0.3 is 10.6 Å². The first kappa shape index (κ1) is 10.5. The maximum atomic E-state index is 11.3. The lowest BCUT2D eigenvalue weighted by atomic mass is 10.1. The van der Waals surface area contributed by atoms with Gasteiger partial charge in [-0.3, -0.25) is 4.79 Å². The van der Waals surface area contributed by atoms with Crippen LogP contribution in [0.15, 0.2) is 0 Å². The van der Waals surface area contributed by atoms with Gasteiger partial charge in [0.15, 0.2) is 0 Å². The summed E-state index contributed by atoms with van der Waals surface area (Å²) in [6, 6.07) is 0.697. The fourth-order valence-electron chi connectivity index (χ4n) is 1.16. The quantitative estimate of drug-likeness (QED) is 0.685. The first-order valence-electron chi connectivity index (χ1n) is 5.02. The Morgan fingerprint density at radius 3 is 2.46 bits per heavy atom. The van der Waals surface area contributed by atoms with Crippen molar-refractivity contribution in [1.82, 2.24) is 10.6 Å². The van der Waals surface area contributed by atoms with E-state index in [0.717, 1.165) is 6.54 Å². The Balaban J connectivity index is 2.02. The molecule has 0 aromatic rings. The average molecular weight is 184 g/mol. The third-order valence-electron chi connectivity index (χ3n) is 1.88. The molecule has 1 saturated carbocycles. The van der Waals surface area contributed by atoms with E-state index in [4.69, 9.17) is 0 Å². The van der Waals surface area contributed by atoms with Crippen molar-refractivity contribution in [3.63, 3.8) is 0 Å². The molecule has 1 aliphatic rings. The molecule has 0 spiro atoms. The highest BCUT2D eigenvalue weighted by Gasteiger charge is 2.20. The van der Waals surface area contributed by atoms with Crippen LogP contribution in [0, 0.1) is 0 Å². The highest BCUT2D eigenvalue weighted by atomic mass is 16.1. The van der Waals surface area contributed by atoms with Gasteiger partial charge in [0.25, 0.3) is 0 Å². The number of hydrogen-bond acceptors (Lipinski definition) is 2. The van der Waals surface area contributed by atoms with E-state index in [0.29, 0.717) is 12.5 Å². The van der Waals surface area contributed by atoms with Gasteiger partial charge in [-0.1, -0.05) is 0 Å². The van der Waals surface area contributed by atoms with Crippen molar-refractivity contribution < 1.29 is 4.79 Å². The van der Waals surface area contributed by atoms with Crippen molar-refractivity contribution in [2.75, 3.05) is 6.54 Å². The molecule has 1 rings (SSSR count). The minimum atomic E-state index is -0.101. The van der Waals surface area contributed by atoms with Gasteiger partial charge in [-0.05, 0) is 33.6 Å². The molecule has 0 aliphatic heterocycles. The van der Waals surface area contributed by atoms with Crippen LogP contribution in [0.25, 0.3) is 0 Å². The fraction of sp³-hybridized carbons (Fsp3) is 0.900. The molecule has 0 bridgehead atoms. The van der Waals surface area contributed by atoms with Crippen LogP contribution in [-0.4, -0.2) is 24.0 Å². The summed E-state index contributed by atoms with van der Waals surface area (Å²) in [5.74, 6) is 0.139. The van der Waals surface area contributed by atoms with Gasteiger partial charge in [-0.15, -0.1) is 0 Å². The standard InChI is InChI=1S/C10H20N2O/c1-10(2,3)12-9(13)6-7-11-8-4-5-8/h8,11H,4-7H2,1-3H3,(H,12,13). The Kier molecular flexibility index (Phi) is 3.31. The van der Waals surface area contributed by atoms with Gasteiger partial charge >= 0.3 is 0 Å². The predicted octanol–water partition coefficient (Wildman–Crippen LogP) is 1.04. The van der Waals surface area contributed by atoms with E-state index in [1.54, 1.807) is 0 Å². The van der Waals surface area contributed by atoms with E-state index in [-0.39, 0.29) is 11.4 Å². The third-order valence-corrected chi connectivity index (χ3v) is 1.88. The topological polar surface area (TPSA) is 41.1 Å². The minimum Gasteiger partial charge on any atom is -0.351 e. The number of carbonyl (C=O) groups is 1. The van der Waals surface area contributed by atoms with Gasteiger partial charge in [0.2, 0.25) is 5.91 Å². The number of carbonyl (C=O) groups excluding carboxylic acids is 1. The summed E-state index contributed by atoms with van der Waals surface area (Å²) in [5, 5.41) is 6.25. The molecule has 76 valence electrons. The normalized spacial score (nSPS) is 17.2. The van der Waals surface area contributed by atoms with Gasteiger partial charge in [-0.2, -0.15) is 0 Å². The summed E-state index contributed by atoms with van der Waals surface area (Å²) in [4.78, 5) is 11.3. The molecular formula is C10H20N2O. The maximum Gasteiger partial charge on any atom is 0.221 e. The Hall–Kier alpha value is -0.570. The summed E-state index contributed by atoms with van der Waals surface area (Å²) < 4.78 is 0. The minimum absolute atomic E-state index is 0.101. The van der Waals surface area contributed by atoms with Gasteiger partial charge in [0, 0.05) is 24.5 Å². The molecule has 13 heavy (non-hydrogen) atoms. The Labute approximate surface area is 80.3 Å². The van der Waals surface area contributed by atoms with Gasteiger partial charge in [0.1, 0.15) is 0 Å². The summed E-state index contributed by atoms with van der Waals surface area (Å²) >= 11 is 0. The molecule has 1 amide bonds. The summed E-state index contributed by atoms with van der Waals surface area (Å²) in [6.45, 7) is 6.81. The third kappa shape index (κ3) is 5.64. The fourth-order valence-corrected chi connectivity index (χ4v) is 1.16. The first-order chi connectivity index (χ1) is 5.97. The molecule has 0 unspecified atom stereocenters. The van der Waals surface area contributed by atoms with E-state index >= 15 is 0 Å². The molecule has 0 aromatic carbocycles. The molecule has 1 aliphatic carbocycles. The lowest BCUT2D eigenvalue weighted by molar-refractivity contribution is -0.122. The van der Waals surface area contributed by atoms with E-state index in [1.165, 1.54) is 12.8 Å². The zero-order valence-electron chi connectivity index (χ0n) is 8.81. The van der Waals surface area contributed by atoms with Crippen molar-refractivity contribution in [2.24, 2.45) is 0 Å². The van der Waals surface area contributed by atoms with Crippen molar-refractivity contribution in [3.05, 3.63) is 0 Å². The number of rotatable bonds is 4. The van der Waals surface area contributed by atoms with Crippen LogP contribution in [0.5, 0.6) is 0 Å². The molecule has 0 atom stereocenters. The van der Waals surface area contributed by atoms with E-state index in [9.17, 15) is 4.79 Å². The number of hydrogen-bond donors (Lipinski definition) is 2. The summed E-state index contributed by atoms with van der Waals surface area (Å²) in [6.07, 6.45) is 3.15. The van der Waals surface area contributed by atoms with Crippen LogP contribution >= 0.6 is 0 Å². The van der Waals surface area contributed by atoms with Crippen LogP contribution < -0.4 is 10.6 Å². The molecule has 0 heterocycles. The first-order valence-corrected chi connectivity index (χ1v) is 5.02. The van der Waals surface area contributed by atoms with Gasteiger partial charge in [0.05, 0.1) is 0 Å². The lowest BCUT2D eigenvalue weighted by Gasteiger charge is -2.20. The summed E-state index contributed by atoms with van der Waals surface area (Å²) in [5.41, 5.74) is -0.101. The van der Waals surface area contributed by atoms with Crippen LogP contribution in [0.3, 0.4) is 0 Å². The monoisotopic (exact) mass is 184 g/mol. The highest BCUT2D eigenvalue weighted by molar-refractivity contribution is 5.76. The largest absolute Gasteiger partial charge is 0.351 e. The predicted molar refractivity (Wildman–Crippen MR) is 53.5 cm³/mol. The molecule has 0 radical (unpaired) electrons. The zero-order valence-corrected chi connectivity index (χ0v) is 8.81. The molecule has 3 heteroatoms. The van der Waals surface area contributed by atoms with Crippen LogP contribution in [0.4, 0.5) is 0 Å². The summed E-state index contributed by atoms with van der Waals surface area (Å²) in [7, 11) is 0. The molecule has 1 fully saturated rings. The Bertz CT molecular complexity index is 180. The molecule has 3 nitrogen and oxygen atoms in total. The molecule has 0 saturated heterocycles. The molecule has 0 aromatic heterocycles. The van der Waals surface area contributed by atoms with E-state index in [1.807, 2.05) is 20.8 Å². The van der Waals surface area contributed by atoms with E-state index < -0.39 is 0 Å². The van der Waals surface area contributed by atoms with Crippen LogP contribution in [0.1, 0.15) is 40.0 Å². The number of nitrogens with one attached hydrogen (secondary N) is 2. The SMILES string of the molecule is CC(C)(C)NC(=O)CCNC1CC1. The average Bonchev–Trinajstić information content (AvgIpc) is 2.66. The van der Waals surface area contributed by atoms with Crippen LogP contribution in [-0.2, 0) is 4.79 Å². The van der Waals surface area contributed by atoms with Crippen molar-refractivity contribution in [2.45, 2.75) is 51.6 Å².